The molecule has 0 atom stereocenters. The maximum atomic E-state index is 12.1. The second kappa shape index (κ2) is 9.30. The predicted octanol–water partition coefficient (Wildman–Crippen LogP) is 4.48. The van der Waals surface area contributed by atoms with Gasteiger partial charge < -0.3 is 14.2 Å². The van der Waals surface area contributed by atoms with Crippen LogP contribution in [0.5, 0.6) is 5.88 Å². The average molecular weight is 413 g/mol. The monoisotopic (exact) mass is 412 g/mol. The van der Waals surface area contributed by atoms with E-state index >= 15 is 0 Å². The van der Waals surface area contributed by atoms with Crippen molar-refractivity contribution < 1.29 is 19.0 Å². The molecule has 0 amide bonds. The third-order valence-corrected chi connectivity index (χ3v) is 4.64. The largest absolute Gasteiger partial charge is 0.503 e. The minimum Gasteiger partial charge on any atom is -0.503 e. The van der Waals surface area contributed by atoms with E-state index in [4.69, 9.17) is 25.8 Å². The second-order valence-corrected chi connectivity index (χ2v) is 6.58. The molecule has 150 valence electrons. The molecule has 0 aliphatic rings. The summed E-state index contributed by atoms with van der Waals surface area (Å²) in [5.74, 6) is 0.0888. The van der Waals surface area contributed by atoms with Crippen LogP contribution in [-0.2, 0) is 27.9 Å². The zero-order chi connectivity index (χ0) is 20.8. The summed E-state index contributed by atoms with van der Waals surface area (Å²) < 4.78 is 17.5. The molecule has 0 aliphatic carbocycles. The molecular weight excluding hydrogens is 392 g/mol. The van der Waals surface area contributed by atoms with Gasteiger partial charge in [0.2, 0.25) is 5.88 Å². The lowest BCUT2D eigenvalue weighted by Gasteiger charge is -2.12. The van der Waals surface area contributed by atoms with E-state index in [1.807, 2.05) is 54.6 Å². The lowest BCUT2D eigenvalue weighted by Crippen LogP contribution is -2.09. The first-order valence-electron chi connectivity index (χ1n) is 8.86. The minimum atomic E-state index is -0.485. The van der Waals surface area contributed by atoms with Crippen LogP contribution >= 0.6 is 11.6 Å². The summed E-state index contributed by atoms with van der Waals surface area (Å²) in [7, 11) is 4.61. The molecule has 0 N–H and O–H groups in total. The highest BCUT2D eigenvalue weighted by Gasteiger charge is 2.18. The Bertz CT molecular complexity index is 1040. The van der Waals surface area contributed by atoms with Gasteiger partial charge in [-0.05, 0) is 17.2 Å². The van der Waals surface area contributed by atoms with Crippen molar-refractivity contribution in [1.82, 2.24) is 9.78 Å². The molecule has 0 fully saturated rings. The molecular formula is C22H21ClN2O4. The fourth-order valence-electron chi connectivity index (χ4n) is 2.90. The topological polar surface area (TPSA) is 62.6 Å². The van der Waals surface area contributed by atoms with Crippen LogP contribution in [0.25, 0.3) is 16.8 Å². The number of esters is 1. The lowest BCUT2D eigenvalue weighted by molar-refractivity contribution is -0.133. The number of halogens is 1. The van der Waals surface area contributed by atoms with Crippen LogP contribution in [-0.4, -0.2) is 30.0 Å². The number of rotatable bonds is 7. The Labute approximate surface area is 174 Å². The van der Waals surface area contributed by atoms with Gasteiger partial charge in [0.25, 0.3) is 0 Å². The zero-order valence-corrected chi connectivity index (χ0v) is 17.1. The van der Waals surface area contributed by atoms with Crippen LogP contribution < -0.4 is 4.74 Å². The zero-order valence-electron chi connectivity index (χ0n) is 16.4. The van der Waals surface area contributed by atoms with Crippen molar-refractivity contribution in [2.24, 2.45) is 7.05 Å². The molecule has 1 aromatic heterocycles. The van der Waals surface area contributed by atoms with E-state index in [2.05, 4.69) is 5.10 Å². The molecule has 0 unspecified atom stereocenters. The number of benzene rings is 2. The second-order valence-electron chi connectivity index (χ2n) is 6.18. The van der Waals surface area contributed by atoms with Gasteiger partial charge in [-0.25, -0.2) is 9.48 Å². The fourth-order valence-corrected chi connectivity index (χ4v) is 3.13. The van der Waals surface area contributed by atoms with Gasteiger partial charge in [-0.2, -0.15) is 5.10 Å². The van der Waals surface area contributed by atoms with Crippen LogP contribution in [0.2, 0.25) is 5.02 Å². The summed E-state index contributed by atoms with van der Waals surface area (Å²) in [4.78, 5) is 12.1. The maximum Gasteiger partial charge on any atom is 0.341 e. The van der Waals surface area contributed by atoms with Gasteiger partial charge in [0.15, 0.2) is 0 Å². The van der Waals surface area contributed by atoms with Gasteiger partial charge in [0, 0.05) is 18.7 Å². The van der Waals surface area contributed by atoms with Crippen LogP contribution in [0.4, 0.5) is 0 Å². The Morgan fingerprint density at radius 3 is 2.59 bits per heavy atom. The number of aromatic nitrogens is 2. The molecule has 0 spiro atoms. The number of hydrogen-bond acceptors (Lipinski definition) is 5. The van der Waals surface area contributed by atoms with Crippen molar-refractivity contribution in [3.8, 4) is 17.1 Å². The predicted molar refractivity (Wildman–Crippen MR) is 111 cm³/mol. The summed E-state index contributed by atoms with van der Waals surface area (Å²) in [6.07, 6.45) is 1.37. The third kappa shape index (κ3) is 4.60. The highest BCUT2D eigenvalue weighted by molar-refractivity contribution is 6.33. The van der Waals surface area contributed by atoms with Gasteiger partial charge in [-0.3, -0.25) is 0 Å². The number of hydrogen-bond donors (Lipinski definition) is 0. The first kappa shape index (κ1) is 20.5. The SMILES string of the molecule is CO/C=C(/C(=O)OC)c1ccccc1COc1cc(-c2ccccc2Cl)nn1C. The molecule has 3 aromatic rings. The van der Waals surface area contributed by atoms with E-state index in [9.17, 15) is 4.79 Å². The minimum absolute atomic E-state index is 0.232. The van der Waals surface area contributed by atoms with Gasteiger partial charge in [-0.1, -0.05) is 54.1 Å². The highest BCUT2D eigenvalue weighted by atomic mass is 35.5. The summed E-state index contributed by atoms with van der Waals surface area (Å²) >= 11 is 6.27. The Balaban J connectivity index is 1.86. The standard InChI is InChI=1S/C22H21ClN2O4/c1-25-21(12-20(24-25)17-10-6-7-11-19(17)23)29-13-15-8-4-5-9-16(15)18(14-27-2)22(26)28-3/h4-12,14H,13H2,1-3H3/b18-14+. The molecule has 0 saturated heterocycles. The van der Waals surface area contributed by atoms with Crippen molar-refractivity contribution in [2.45, 2.75) is 6.61 Å². The van der Waals surface area contributed by atoms with E-state index in [-0.39, 0.29) is 6.61 Å². The van der Waals surface area contributed by atoms with Gasteiger partial charge in [0.1, 0.15) is 12.2 Å². The number of nitrogens with zero attached hydrogens (tertiary/aromatic N) is 2. The smallest absolute Gasteiger partial charge is 0.341 e. The van der Waals surface area contributed by atoms with Crippen molar-refractivity contribution >= 4 is 23.1 Å². The van der Waals surface area contributed by atoms with Crippen molar-refractivity contribution in [3.63, 3.8) is 0 Å². The number of methoxy groups -OCH3 is 2. The van der Waals surface area contributed by atoms with Crippen LogP contribution in [0.1, 0.15) is 11.1 Å². The lowest BCUT2D eigenvalue weighted by atomic mass is 10.0. The molecule has 29 heavy (non-hydrogen) atoms. The van der Waals surface area contributed by atoms with E-state index in [0.717, 1.165) is 16.8 Å². The first-order chi connectivity index (χ1) is 14.0. The number of ether oxygens (including phenoxy) is 3. The van der Waals surface area contributed by atoms with Gasteiger partial charge in [0.05, 0.1) is 31.2 Å². The van der Waals surface area contributed by atoms with E-state index < -0.39 is 5.97 Å². The van der Waals surface area contributed by atoms with E-state index in [0.29, 0.717) is 22.0 Å². The molecule has 1 heterocycles. The quantitative estimate of drug-likeness (QED) is 0.325. The van der Waals surface area contributed by atoms with Gasteiger partial charge >= 0.3 is 5.97 Å². The molecule has 0 radical (unpaired) electrons. The highest BCUT2D eigenvalue weighted by Crippen LogP contribution is 2.29. The van der Waals surface area contributed by atoms with Crippen LogP contribution in [0.3, 0.4) is 0 Å². The Hall–Kier alpha value is -3.25. The molecule has 0 aliphatic heterocycles. The fraction of sp³-hybridized carbons (Fsp3) is 0.182. The van der Waals surface area contributed by atoms with E-state index in [1.54, 1.807) is 11.7 Å². The molecule has 3 rings (SSSR count). The summed E-state index contributed by atoms with van der Waals surface area (Å²) in [5.41, 5.74) is 3.35. The Morgan fingerprint density at radius 2 is 1.86 bits per heavy atom. The molecule has 6 nitrogen and oxygen atoms in total. The summed E-state index contributed by atoms with van der Waals surface area (Å²) in [5, 5.41) is 5.10. The van der Waals surface area contributed by atoms with Crippen LogP contribution in [0, 0.1) is 0 Å². The molecule has 2 aromatic carbocycles. The average Bonchev–Trinajstić information content (AvgIpc) is 3.11. The first-order valence-corrected chi connectivity index (χ1v) is 9.24. The third-order valence-electron chi connectivity index (χ3n) is 4.31. The van der Waals surface area contributed by atoms with Crippen molar-refractivity contribution in [3.05, 3.63) is 77.0 Å². The molecule has 0 bridgehead atoms. The van der Waals surface area contributed by atoms with Crippen molar-refractivity contribution in [2.75, 3.05) is 14.2 Å². The Kier molecular flexibility index (Phi) is 6.57. The van der Waals surface area contributed by atoms with Crippen LogP contribution in [0.15, 0.2) is 60.9 Å². The number of aryl methyl sites for hydroxylation is 1. The molecule has 0 saturated carbocycles. The molecule has 7 heteroatoms. The van der Waals surface area contributed by atoms with E-state index in [1.165, 1.54) is 20.5 Å². The maximum absolute atomic E-state index is 12.1. The number of carbonyl (C=O) groups excluding carboxylic acids is 1. The van der Waals surface area contributed by atoms with Gasteiger partial charge in [-0.15, -0.1) is 0 Å². The Morgan fingerprint density at radius 1 is 1.14 bits per heavy atom. The summed E-state index contributed by atoms with van der Waals surface area (Å²) in [6.45, 7) is 0.232. The van der Waals surface area contributed by atoms with Crippen molar-refractivity contribution in [1.29, 1.82) is 0 Å². The number of carbonyl (C=O) groups is 1. The normalized spacial score (nSPS) is 11.2. The summed E-state index contributed by atoms with van der Waals surface area (Å²) in [6, 6.07) is 16.7.